The van der Waals surface area contributed by atoms with E-state index >= 15 is 0 Å². The molecule has 0 spiro atoms. The molecule has 2 aromatic rings. The van der Waals surface area contributed by atoms with Gasteiger partial charge in [-0.15, -0.1) is 12.4 Å². The summed E-state index contributed by atoms with van der Waals surface area (Å²) in [5.74, 6) is 0.245. The maximum atomic E-state index is 12.7. The SMILES string of the molecule is Cc1ccc(S(=O)(=O)Cc2ccc(C(=O)N3CC(CN)CC3C)cc2)cc1.Cl. The van der Waals surface area contributed by atoms with Crippen LogP contribution in [-0.4, -0.2) is 38.4 Å². The van der Waals surface area contributed by atoms with Gasteiger partial charge in [0.2, 0.25) is 0 Å². The third-order valence-electron chi connectivity index (χ3n) is 5.19. The molecule has 5 nitrogen and oxygen atoms in total. The highest BCUT2D eigenvalue weighted by molar-refractivity contribution is 7.90. The van der Waals surface area contributed by atoms with E-state index < -0.39 is 9.84 Å². The molecule has 1 heterocycles. The molecule has 0 bridgehead atoms. The standard InChI is InChI=1S/C21H26N2O3S.ClH/c1-15-3-9-20(10-4-15)27(25,26)14-17-5-7-19(8-6-17)21(24)23-13-18(12-22)11-16(23)2;/h3-10,16,18H,11-14,22H2,1-2H3;1H. The van der Waals surface area contributed by atoms with E-state index in [4.69, 9.17) is 5.73 Å². The lowest BCUT2D eigenvalue weighted by Crippen LogP contribution is -2.34. The number of aryl methyl sites for hydroxylation is 1. The number of carbonyl (C=O) groups excluding carboxylic acids is 1. The number of halogens is 1. The van der Waals surface area contributed by atoms with Crippen molar-refractivity contribution >= 4 is 28.2 Å². The Morgan fingerprint density at radius 3 is 2.25 bits per heavy atom. The Morgan fingerprint density at radius 2 is 1.71 bits per heavy atom. The summed E-state index contributed by atoms with van der Waals surface area (Å²) in [5, 5.41) is 0. The average Bonchev–Trinajstić information content (AvgIpc) is 3.03. The minimum Gasteiger partial charge on any atom is -0.336 e. The van der Waals surface area contributed by atoms with Crippen molar-refractivity contribution in [1.82, 2.24) is 4.90 Å². The van der Waals surface area contributed by atoms with Crippen LogP contribution >= 0.6 is 12.4 Å². The number of benzene rings is 2. The Morgan fingerprint density at radius 1 is 1.11 bits per heavy atom. The highest BCUT2D eigenvalue weighted by Gasteiger charge is 2.32. The van der Waals surface area contributed by atoms with Crippen LogP contribution in [0.15, 0.2) is 53.4 Å². The average molecular weight is 423 g/mol. The van der Waals surface area contributed by atoms with Crippen LogP contribution in [0.4, 0.5) is 0 Å². The second-order valence-corrected chi connectivity index (χ2v) is 9.40. The van der Waals surface area contributed by atoms with Crippen LogP contribution in [0.5, 0.6) is 0 Å². The minimum absolute atomic E-state index is 0. The Kier molecular flexibility index (Phi) is 7.26. The van der Waals surface area contributed by atoms with Crippen molar-refractivity contribution in [2.45, 2.75) is 37.0 Å². The molecule has 1 aliphatic rings. The molecule has 1 amide bonds. The van der Waals surface area contributed by atoms with E-state index in [2.05, 4.69) is 0 Å². The molecule has 2 unspecified atom stereocenters. The quantitative estimate of drug-likeness (QED) is 0.802. The first-order chi connectivity index (χ1) is 12.8. The van der Waals surface area contributed by atoms with Gasteiger partial charge >= 0.3 is 0 Å². The van der Waals surface area contributed by atoms with Crippen molar-refractivity contribution in [3.63, 3.8) is 0 Å². The summed E-state index contributed by atoms with van der Waals surface area (Å²) in [7, 11) is -3.41. The third-order valence-corrected chi connectivity index (χ3v) is 6.90. The number of hydrogen-bond acceptors (Lipinski definition) is 4. The van der Waals surface area contributed by atoms with Gasteiger partial charge in [0, 0.05) is 18.2 Å². The van der Waals surface area contributed by atoms with E-state index in [0.717, 1.165) is 12.0 Å². The van der Waals surface area contributed by atoms with Crippen molar-refractivity contribution in [3.8, 4) is 0 Å². The van der Waals surface area contributed by atoms with Crippen LogP contribution in [0.1, 0.15) is 34.8 Å². The zero-order valence-electron chi connectivity index (χ0n) is 16.2. The molecule has 2 aromatic carbocycles. The lowest BCUT2D eigenvalue weighted by molar-refractivity contribution is 0.0743. The van der Waals surface area contributed by atoms with Gasteiger partial charge in [-0.1, -0.05) is 29.8 Å². The van der Waals surface area contributed by atoms with Gasteiger partial charge in [-0.3, -0.25) is 4.79 Å². The zero-order chi connectivity index (χ0) is 19.6. The van der Waals surface area contributed by atoms with Crippen LogP contribution in [0.2, 0.25) is 0 Å². The normalized spacial score (nSPS) is 19.3. The molecule has 0 saturated carbocycles. The molecule has 1 saturated heterocycles. The van der Waals surface area contributed by atoms with E-state index in [-0.39, 0.29) is 30.1 Å². The number of rotatable bonds is 5. The van der Waals surface area contributed by atoms with Crippen LogP contribution in [0, 0.1) is 12.8 Å². The maximum absolute atomic E-state index is 12.7. The fourth-order valence-electron chi connectivity index (χ4n) is 3.55. The fourth-order valence-corrected chi connectivity index (χ4v) is 4.90. The Balaban J connectivity index is 0.00000280. The molecule has 2 atom stereocenters. The van der Waals surface area contributed by atoms with E-state index in [1.54, 1.807) is 48.5 Å². The highest BCUT2D eigenvalue weighted by Crippen LogP contribution is 2.24. The van der Waals surface area contributed by atoms with Crippen LogP contribution in [-0.2, 0) is 15.6 Å². The van der Waals surface area contributed by atoms with Crippen molar-refractivity contribution in [2.24, 2.45) is 11.7 Å². The van der Waals surface area contributed by atoms with Gasteiger partial charge in [-0.25, -0.2) is 8.42 Å². The van der Waals surface area contributed by atoms with Crippen molar-refractivity contribution < 1.29 is 13.2 Å². The molecule has 3 rings (SSSR count). The van der Waals surface area contributed by atoms with E-state index in [9.17, 15) is 13.2 Å². The smallest absolute Gasteiger partial charge is 0.254 e. The predicted octanol–water partition coefficient (Wildman–Crippen LogP) is 3.20. The number of sulfone groups is 1. The summed E-state index contributed by atoms with van der Waals surface area (Å²) in [4.78, 5) is 14.9. The fraction of sp³-hybridized carbons (Fsp3) is 0.381. The van der Waals surface area contributed by atoms with Crippen molar-refractivity contribution in [3.05, 3.63) is 65.2 Å². The van der Waals surface area contributed by atoms with Crippen molar-refractivity contribution in [1.29, 1.82) is 0 Å². The van der Waals surface area contributed by atoms with Gasteiger partial charge in [-0.2, -0.15) is 0 Å². The summed E-state index contributed by atoms with van der Waals surface area (Å²) < 4.78 is 25.1. The number of nitrogens with two attached hydrogens (primary N) is 1. The maximum Gasteiger partial charge on any atom is 0.254 e. The first-order valence-electron chi connectivity index (χ1n) is 9.19. The van der Waals surface area contributed by atoms with Gasteiger partial charge in [0.15, 0.2) is 9.84 Å². The molecule has 2 N–H and O–H groups in total. The van der Waals surface area contributed by atoms with E-state index in [1.807, 2.05) is 18.7 Å². The first kappa shape index (κ1) is 22.4. The van der Waals surface area contributed by atoms with Crippen molar-refractivity contribution in [2.75, 3.05) is 13.1 Å². The summed E-state index contributed by atoms with van der Waals surface area (Å²) >= 11 is 0. The molecule has 28 heavy (non-hydrogen) atoms. The van der Waals surface area contributed by atoms with E-state index in [0.29, 0.717) is 35.0 Å². The minimum atomic E-state index is -3.41. The summed E-state index contributed by atoms with van der Waals surface area (Å²) in [5.41, 5.74) is 8.00. The van der Waals surface area contributed by atoms with Crippen LogP contribution in [0.25, 0.3) is 0 Å². The zero-order valence-corrected chi connectivity index (χ0v) is 17.8. The monoisotopic (exact) mass is 422 g/mol. The number of nitrogens with zero attached hydrogens (tertiary/aromatic N) is 1. The van der Waals surface area contributed by atoms with Crippen LogP contribution in [0.3, 0.4) is 0 Å². The molecule has 0 radical (unpaired) electrons. The Bertz CT molecular complexity index is 912. The third kappa shape index (κ3) is 4.93. The molecule has 0 aromatic heterocycles. The summed E-state index contributed by atoms with van der Waals surface area (Å²) in [6, 6.07) is 13.9. The second-order valence-electron chi connectivity index (χ2n) is 7.41. The van der Waals surface area contributed by atoms with Gasteiger partial charge in [0.25, 0.3) is 5.91 Å². The molecular weight excluding hydrogens is 396 g/mol. The Hall–Kier alpha value is -1.89. The molecule has 1 aliphatic heterocycles. The van der Waals surface area contributed by atoms with Gasteiger partial charge in [-0.05, 0) is 62.6 Å². The lowest BCUT2D eigenvalue weighted by atomic mass is 10.1. The second kappa shape index (κ2) is 9.07. The highest BCUT2D eigenvalue weighted by atomic mass is 35.5. The number of amides is 1. The number of hydrogen-bond donors (Lipinski definition) is 1. The van der Waals surface area contributed by atoms with E-state index in [1.165, 1.54) is 0 Å². The van der Waals surface area contributed by atoms with Crippen LogP contribution < -0.4 is 5.73 Å². The van der Waals surface area contributed by atoms with Gasteiger partial charge < -0.3 is 10.6 Å². The summed E-state index contributed by atoms with van der Waals surface area (Å²) in [6.45, 7) is 5.23. The molecule has 1 fully saturated rings. The van der Waals surface area contributed by atoms with Gasteiger partial charge in [0.05, 0.1) is 10.6 Å². The number of likely N-dealkylation sites (tertiary alicyclic amines) is 1. The predicted molar refractivity (Wildman–Crippen MR) is 113 cm³/mol. The number of carbonyl (C=O) groups is 1. The lowest BCUT2D eigenvalue weighted by Gasteiger charge is -2.21. The largest absolute Gasteiger partial charge is 0.336 e. The molecule has 0 aliphatic carbocycles. The molecule has 7 heteroatoms. The molecular formula is C21H27ClN2O3S. The Labute approximate surface area is 173 Å². The first-order valence-corrected chi connectivity index (χ1v) is 10.8. The molecule has 152 valence electrons. The summed E-state index contributed by atoms with van der Waals surface area (Å²) in [6.07, 6.45) is 0.926. The van der Waals surface area contributed by atoms with Gasteiger partial charge in [0.1, 0.15) is 0 Å². The topological polar surface area (TPSA) is 80.5 Å².